The van der Waals surface area contributed by atoms with Crippen LogP contribution in [0.5, 0.6) is 0 Å². The number of ether oxygens (including phenoxy) is 2. The highest BCUT2D eigenvalue weighted by atomic mass is 16.5. The fraction of sp³-hybridized carbons (Fsp3) is 0.364. The average Bonchev–Trinajstić information content (AvgIpc) is 3.28. The largest absolute Gasteiger partial charge is 0.473 e. The molecule has 0 N–H and O–H groups in total. The zero-order chi connectivity index (χ0) is 17.3. The minimum absolute atomic E-state index is 0.161. The number of benzene rings is 2. The number of rotatable bonds is 2. The summed E-state index contributed by atoms with van der Waals surface area (Å²) in [6, 6.07) is 16.9. The summed E-state index contributed by atoms with van der Waals surface area (Å²) < 4.78 is 11.7. The van der Waals surface area contributed by atoms with Crippen molar-refractivity contribution in [3.8, 4) is 0 Å². The van der Waals surface area contributed by atoms with E-state index in [9.17, 15) is 0 Å². The summed E-state index contributed by atoms with van der Waals surface area (Å²) in [5.74, 6) is 1.57. The third-order valence-corrected chi connectivity index (χ3v) is 5.48. The van der Waals surface area contributed by atoms with Gasteiger partial charge in [0.15, 0.2) is 0 Å². The maximum absolute atomic E-state index is 5.87. The van der Waals surface area contributed by atoms with Gasteiger partial charge < -0.3 is 9.47 Å². The Kier molecular flexibility index (Phi) is 3.96. The molecule has 5 rings (SSSR count). The Balaban J connectivity index is 1.44. The summed E-state index contributed by atoms with van der Waals surface area (Å²) in [6.07, 6.45) is 4.50. The molecule has 0 saturated heterocycles. The summed E-state index contributed by atoms with van der Waals surface area (Å²) in [6.45, 7) is 1.24. The van der Waals surface area contributed by atoms with E-state index in [2.05, 4.69) is 36.4 Å². The van der Waals surface area contributed by atoms with E-state index in [0.717, 1.165) is 35.8 Å². The first-order valence-electron chi connectivity index (χ1n) is 9.46. The van der Waals surface area contributed by atoms with Gasteiger partial charge in [-0.25, -0.2) is 9.98 Å². The molecule has 0 unspecified atom stereocenters. The predicted octanol–water partition coefficient (Wildman–Crippen LogP) is 4.25. The summed E-state index contributed by atoms with van der Waals surface area (Å²) >= 11 is 0. The van der Waals surface area contributed by atoms with E-state index in [0.29, 0.717) is 13.2 Å². The zero-order valence-corrected chi connectivity index (χ0v) is 14.7. The zero-order valence-electron chi connectivity index (χ0n) is 14.7. The number of aliphatic imine (C=N–C) groups is 2. The van der Waals surface area contributed by atoms with Crippen molar-refractivity contribution < 1.29 is 9.47 Å². The summed E-state index contributed by atoms with van der Waals surface area (Å²) in [4.78, 5) is 9.98. The number of hydrogen-bond acceptors (Lipinski definition) is 4. The fourth-order valence-corrected chi connectivity index (χ4v) is 4.07. The van der Waals surface area contributed by atoms with Crippen molar-refractivity contribution >= 4 is 11.8 Å². The Labute approximate surface area is 153 Å². The molecule has 0 amide bonds. The van der Waals surface area contributed by atoms with Crippen LogP contribution in [-0.4, -0.2) is 23.9 Å². The second-order valence-electron chi connectivity index (χ2n) is 7.18. The molecule has 26 heavy (non-hydrogen) atoms. The Hall–Kier alpha value is -2.62. The lowest BCUT2D eigenvalue weighted by Crippen LogP contribution is -2.29. The van der Waals surface area contributed by atoms with Crippen molar-refractivity contribution in [3.05, 3.63) is 70.8 Å². The van der Waals surface area contributed by atoms with Crippen LogP contribution >= 0.6 is 0 Å². The van der Waals surface area contributed by atoms with Gasteiger partial charge in [0.2, 0.25) is 11.8 Å². The van der Waals surface area contributed by atoms with Crippen LogP contribution in [0.3, 0.4) is 0 Å². The minimum Gasteiger partial charge on any atom is -0.473 e. The van der Waals surface area contributed by atoms with Crippen LogP contribution in [0.1, 0.15) is 47.9 Å². The Morgan fingerprint density at radius 1 is 0.654 bits per heavy atom. The molecule has 2 atom stereocenters. The second-order valence-corrected chi connectivity index (χ2v) is 7.18. The van der Waals surface area contributed by atoms with Gasteiger partial charge in [-0.15, -0.1) is 0 Å². The van der Waals surface area contributed by atoms with E-state index >= 15 is 0 Å². The Bertz CT molecular complexity index is 814. The molecule has 0 aromatic heterocycles. The average molecular weight is 346 g/mol. The SMILES string of the molecule is c1ccc2c(c1)CO/C2=N\[C@@H]1CCCC[C@H]1/N=C1\OCc2ccccc21. The second kappa shape index (κ2) is 6.60. The van der Waals surface area contributed by atoms with Crippen molar-refractivity contribution in [2.75, 3.05) is 0 Å². The monoisotopic (exact) mass is 346 g/mol. The third-order valence-electron chi connectivity index (χ3n) is 5.48. The van der Waals surface area contributed by atoms with Crippen molar-refractivity contribution in [2.24, 2.45) is 9.98 Å². The van der Waals surface area contributed by atoms with E-state index in [-0.39, 0.29) is 12.1 Å². The van der Waals surface area contributed by atoms with Crippen LogP contribution in [0.25, 0.3) is 0 Å². The normalized spacial score (nSPS) is 27.1. The van der Waals surface area contributed by atoms with Gasteiger partial charge >= 0.3 is 0 Å². The minimum atomic E-state index is 0.161. The van der Waals surface area contributed by atoms with Gasteiger partial charge in [0, 0.05) is 22.3 Å². The first kappa shape index (κ1) is 15.6. The molecule has 4 nitrogen and oxygen atoms in total. The van der Waals surface area contributed by atoms with Crippen molar-refractivity contribution in [1.29, 1.82) is 0 Å². The molecule has 1 fully saturated rings. The van der Waals surface area contributed by atoms with Gasteiger partial charge in [0.25, 0.3) is 0 Å². The Morgan fingerprint density at radius 2 is 1.12 bits per heavy atom. The number of fused-ring (bicyclic) bond motifs is 2. The van der Waals surface area contributed by atoms with Crippen molar-refractivity contribution in [1.82, 2.24) is 0 Å². The molecule has 4 heteroatoms. The van der Waals surface area contributed by atoms with Gasteiger partial charge in [-0.05, 0) is 25.0 Å². The lowest BCUT2D eigenvalue weighted by atomic mass is 9.91. The maximum atomic E-state index is 5.87. The van der Waals surface area contributed by atoms with Gasteiger partial charge in [-0.2, -0.15) is 0 Å². The van der Waals surface area contributed by atoms with Crippen LogP contribution in [0.4, 0.5) is 0 Å². The highest BCUT2D eigenvalue weighted by molar-refractivity contribution is 5.98. The Morgan fingerprint density at radius 3 is 1.62 bits per heavy atom. The van der Waals surface area contributed by atoms with Crippen LogP contribution in [0, 0.1) is 0 Å². The summed E-state index contributed by atoms with van der Waals surface area (Å²) in [5, 5.41) is 0. The van der Waals surface area contributed by atoms with E-state index < -0.39 is 0 Å². The van der Waals surface area contributed by atoms with E-state index in [1.54, 1.807) is 0 Å². The summed E-state index contributed by atoms with van der Waals surface area (Å²) in [5.41, 5.74) is 4.70. The molecule has 3 aliphatic rings. The van der Waals surface area contributed by atoms with Gasteiger partial charge in [-0.1, -0.05) is 49.2 Å². The molecule has 132 valence electrons. The van der Waals surface area contributed by atoms with Gasteiger partial charge in [0.1, 0.15) is 13.2 Å². The van der Waals surface area contributed by atoms with E-state index in [1.165, 1.54) is 24.0 Å². The van der Waals surface area contributed by atoms with Gasteiger partial charge in [0.05, 0.1) is 12.1 Å². The molecule has 2 heterocycles. The summed E-state index contributed by atoms with van der Waals surface area (Å²) in [7, 11) is 0. The molecule has 1 aliphatic carbocycles. The van der Waals surface area contributed by atoms with Crippen LogP contribution in [0.2, 0.25) is 0 Å². The van der Waals surface area contributed by atoms with Crippen molar-refractivity contribution in [2.45, 2.75) is 51.0 Å². The predicted molar refractivity (Wildman–Crippen MR) is 102 cm³/mol. The van der Waals surface area contributed by atoms with Crippen molar-refractivity contribution in [3.63, 3.8) is 0 Å². The molecule has 0 radical (unpaired) electrons. The number of nitrogens with zero attached hydrogens (tertiary/aromatic N) is 2. The first-order chi connectivity index (χ1) is 12.9. The maximum Gasteiger partial charge on any atom is 0.217 e. The molecule has 1 saturated carbocycles. The molecule has 2 aliphatic heterocycles. The molecule has 0 bridgehead atoms. The fourth-order valence-electron chi connectivity index (χ4n) is 4.07. The van der Waals surface area contributed by atoms with E-state index in [1.807, 2.05) is 12.1 Å². The lowest BCUT2D eigenvalue weighted by molar-refractivity contribution is 0.295. The first-order valence-corrected chi connectivity index (χ1v) is 9.46. The van der Waals surface area contributed by atoms with Crippen LogP contribution in [-0.2, 0) is 22.7 Å². The van der Waals surface area contributed by atoms with Crippen LogP contribution in [0.15, 0.2) is 58.5 Å². The smallest absolute Gasteiger partial charge is 0.217 e. The number of hydrogen-bond donors (Lipinski definition) is 0. The molecular formula is C22H22N2O2. The topological polar surface area (TPSA) is 43.2 Å². The third kappa shape index (κ3) is 2.79. The van der Waals surface area contributed by atoms with E-state index in [4.69, 9.17) is 19.5 Å². The quantitative estimate of drug-likeness (QED) is 0.816. The molecule has 0 spiro atoms. The molecule has 2 aromatic rings. The molecular weight excluding hydrogens is 324 g/mol. The lowest BCUT2D eigenvalue weighted by Gasteiger charge is -2.26. The highest BCUT2D eigenvalue weighted by Gasteiger charge is 2.29. The van der Waals surface area contributed by atoms with Crippen LogP contribution < -0.4 is 0 Å². The molecule has 2 aromatic carbocycles. The highest BCUT2D eigenvalue weighted by Crippen LogP contribution is 2.29. The van der Waals surface area contributed by atoms with Gasteiger partial charge in [-0.3, -0.25) is 0 Å². The standard InChI is InChI=1S/C22H22N2O2/c1-3-9-17-15(7-1)13-25-21(17)23-19-11-5-6-12-20(19)24-22-18-10-4-2-8-16(18)14-26-22/h1-4,7-10,19-20H,5-6,11-14H2/b23-21-,24-22-/t19-,20-/m1/s1.